The van der Waals surface area contributed by atoms with E-state index in [9.17, 15) is 0 Å². The molecule has 0 amide bonds. The largest absolute Gasteiger partial charge is 0.117 e. The van der Waals surface area contributed by atoms with Crippen LogP contribution in [0.3, 0.4) is 0 Å². The molecule has 4 heteroatoms. The van der Waals surface area contributed by atoms with Gasteiger partial charge in [0.05, 0.1) is 9.81 Å². The lowest BCUT2D eigenvalue weighted by Gasteiger charge is -2.15. The van der Waals surface area contributed by atoms with E-state index in [-0.39, 0.29) is 0 Å². The topological polar surface area (TPSA) is 0 Å². The van der Waals surface area contributed by atoms with E-state index in [0.717, 1.165) is 21.3 Å². The van der Waals surface area contributed by atoms with Gasteiger partial charge in [-0.25, -0.2) is 0 Å². The van der Waals surface area contributed by atoms with Gasteiger partial charge in [-0.15, -0.1) is 29.4 Å². The van der Waals surface area contributed by atoms with Gasteiger partial charge in [-0.05, 0) is 48.7 Å². The molecule has 27 heavy (non-hydrogen) atoms. The molecule has 0 spiro atoms. The molecular formula is C23H36S2Si2. The maximum Gasteiger partial charge on any atom is 0.0577 e. The van der Waals surface area contributed by atoms with E-state index in [0.29, 0.717) is 0 Å². The van der Waals surface area contributed by atoms with Crippen molar-refractivity contribution >= 4 is 39.7 Å². The van der Waals surface area contributed by atoms with Gasteiger partial charge in [0.25, 0.3) is 0 Å². The van der Waals surface area contributed by atoms with Crippen molar-refractivity contribution in [2.45, 2.75) is 58.3 Å². The molecule has 0 aliphatic carbocycles. The molecule has 0 rings (SSSR count). The molecule has 0 nitrogen and oxygen atoms in total. The highest BCUT2D eigenvalue weighted by atomic mass is 32.2. The zero-order valence-corrected chi connectivity index (χ0v) is 21.9. The Hall–Kier alpha value is -0.786. The third kappa shape index (κ3) is 18.3. The second-order valence-electron chi connectivity index (χ2n) is 8.62. The Kier molecular flexibility index (Phi) is 13.8. The van der Waals surface area contributed by atoms with Crippen molar-refractivity contribution in [2.75, 3.05) is 11.5 Å². The minimum atomic E-state index is -1.02. The second-order valence-corrected chi connectivity index (χ2v) is 22.1. The number of rotatable bonds is 10. The number of allylic oxidation sites excluding steroid dienone is 7. The third-order valence-electron chi connectivity index (χ3n) is 3.36. The number of thioether (sulfide) groups is 2. The van der Waals surface area contributed by atoms with Crippen LogP contribution < -0.4 is 0 Å². The average molecular weight is 433 g/mol. The summed E-state index contributed by atoms with van der Waals surface area (Å²) in [6.45, 7) is 20.1. The molecule has 0 unspecified atom stereocenters. The first-order valence-electron chi connectivity index (χ1n) is 9.47. The van der Waals surface area contributed by atoms with Gasteiger partial charge in [0.2, 0.25) is 0 Å². The monoisotopic (exact) mass is 432 g/mol. The standard InChI is InChI=1S/C23H36S2Si2/c1-9-11-12-13-15-23(25-19-21-27(6,7)8)17-16-22(14-10-2)24-18-20-26(3,4)5/h9,11-12,16-17H,1,18-21H2,2-8H3/b12-11-,22-16-,23-17-. The molecule has 0 fully saturated rings. The lowest BCUT2D eigenvalue weighted by atomic mass is 10.4. The van der Waals surface area contributed by atoms with Crippen LogP contribution in [-0.2, 0) is 0 Å². The maximum absolute atomic E-state index is 3.69. The fourth-order valence-electron chi connectivity index (χ4n) is 1.69. The third-order valence-corrected chi connectivity index (χ3v) is 9.50. The van der Waals surface area contributed by atoms with Crippen LogP contribution in [0.1, 0.15) is 6.92 Å². The van der Waals surface area contributed by atoms with Gasteiger partial charge in [-0.2, -0.15) is 0 Å². The molecule has 0 saturated carbocycles. The quantitative estimate of drug-likeness (QED) is 0.197. The summed E-state index contributed by atoms with van der Waals surface area (Å²) < 4.78 is 0. The van der Waals surface area contributed by atoms with Crippen LogP contribution in [0.5, 0.6) is 0 Å². The number of hydrogen-bond donors (Lipinski definition) is 0. The van der Waals surface area contributed by atoms with Crippen LogP contribution in [0, 0.1) is 23.7 Å². The molecule has 0 heterocycles. The van der Waals surface area contributed by atoms with Crippen molar-refractivity contribution in [2.24, 2.45) is 0 Å². The predicted molar refractivity (Wildman–Crippen MR) is 138 cm³/mol. The molecule has 0 bridgehead atoms. The van der Waals surface area contributed by atoms with E-state index < -0.39 is 16.1 Å². The Balaban J connectivity index is 5.21. The van der Waals surface area contributed by atoms with E-state index in [2.05, 4.69) is 81.7 Å². The van der Waals surface area contributed by atoms with Gasteiger partial charge in [-0.1, -0.05) is 75.8 Å². The first kappa shape index (κ1) is 26.2. The van der Waals surface area contributed by atoms with Crippen LogP contribution in [0.25, 0.3) is 0 Å². The Labute approximate surface area is 179 Å². The lowest BCUT2D eigenvalue weighted by Crippen LogP contribution is -2.19. The van der Waals surface area contributed by atoms with E-state index in [4.69, 9.17) is 0 Å². The van der Waals surface area contributed by atoms with Crippen LogP contribution >= 0.6 is 23.5 Å². The van der Waals surface area contributed by atoms with Crippen molar-refractivity contribution in [3.63, 3.8) is 0 Å². The summed E-state index contributed by atoms with van der Waals surface area (Å²) in [5.41, 5.74) is 0. The highest BCUT2D eigenvalue weighted by Crippen LogP contribution is 2.23. The average Bonchev–Trinajstić information content (AvgIpc) is 2.53. The highest BCUT2D eigenvalue weighted by molar-refractivity contribution is 8.03. The molecule has 0 saturated heterocycles. The zero-order chi connectivity index (χ0) is 20.8. The summed E-state index contributed by atoms with van der Waals surface area (Å²) in [6.07, 6.45) is 9.76. The van der Waals surface area contributed by atoms with E-state index in [1.165, 1.54) is 12.1 Å². The van der Waals surface area contributed by atoms with Gasteiger partial charge < -0.3 is 0 Å². The lowest BCUT2D eigenvalue weighted by molar-refractivity contribution is 1.38. The summed E-state index contributed by atoms with van der Waals surface area (Å²) >= 11 is 3.74. The van der Waals surface area contributed by atoms with Crippen molar-refractivity contribution in [1.29, 1.82) is 0 Å². The molecule has 0 atom stereocenters. The van der Waals surface area contributed by atoms with Gasteiger partial charge in [0, 0.05) is 16.1 Å². The summed E-state index contributed by atoms with van der Waals surface area (Å²) in [5, 5.41) is 0. The molecular weight excluding hydrogens is 397 g/mol. The smallest absolute Gasteiger partial charge is 0.0577 e. The van der Waals surface area contributed by atoms with E-state index in [1.54, 1.807) is 6.08 Å². The SMILES string of the molecule is C=C/C=C\C#C/C(=C/C=C(/C#CC)SCC[Si](C)(C)C)SCC[Si](C)(C)C. The summed E-state index contributed by atoms with van der Waals surface area (Å²) in [6, 6.07) is 2.61. The second kappa shape index (κ2) is 14.2. The van der Waals surface area contributed by atoms with Crippen molar-refractivity contribution in [3.05, 3.63) is 46.8 Å². The van der Waals surface area contributed by atoms with E-state index in [1.807, 2.05) is 42.6 Å². The van der Waals surface area contributed by atoms with Gasteiger partial charge in [0.1, 0.15) is 0 Å². The van der Waals surface area contributed by atoms with Crippen LogP contribution in [-0.4, -0.2) is 27.7 Å². The number of hydrogen-bond acceptors (Lipinski definition) is 2. The van der Waals surface area contributed by atoms with Crippen molar-refractivity contribution in [1.82, 2.24) is 0 Å². The van der Waals surface area contributed by atoms with Crippen molar-refractivity contribution in [3.8, 4) is 23.7 Å². The fourth-order valence-corrected chi connectivity index (χ4v) is 8.48. The molecule has 0 N–H and O–H groups in total. The first-order chi connectivity index (χ1) is 12.6. The Morgan fingerprint density at radius 2 is 1.33 bits per heavy atom. The Morgan fingerprint density at radius 3 is 1.74 bits per heavy atom. The minimum Gasteiger partial charge on any atom is -0.117 e. The van der Waals surface area contributed by atoms with Gasteiger partial charge in [-0.3, -0.25) is 0 Å². The Bertz CT molecular complexity index is 664. The zero-order valence-electron chi connectivity index (χ0n) is 18.2. The van der Waals surface area contributed by atoms with Gasteiger partial charge in [0.15, 0.2) is 0 Å². The van der Waals surface area contributed by atoms with Crippen LogP contribution in [0.4, 0.5) is 0 Å². The molecule has 148 valence electrons. The predicted octanol–water partition coefficient (Wildman–Crippen LogP) is 7.67. The van der Waals surface area contributed by atoms with Crippen LogP contribution in [0.2, 0.25) is 51.4 Å². The molecule has 0 aliphatic rings. The Morgan fingerprint density at radius 1 is 0.852 bits per heavy atom. The summed E-state index contributed by atoms with van der Waals surface area (Å²) in [7, 11) is -2.03. The van der Waals surface area contributed by atoms with E-state index >= 15 is 0 Å². The molecule has 0 aliphatic heterocycles. The maximum atomic E-state index is 3.69. The van der Waals surface area contributed by atoms with Crippen molar-refractivity contribution < 1.29 is 0 Å². The van der Waals surface area contributed by atoms with Crippen LogP contribution in [0.15, 0.2) is 46.8 Å². The molecule has 0 aromatic heterocycles. The van der Waals surface area contributed by atoms with Gasteiger partial charge >= 0.3 is 0 Å². The molecule has 0 aromatic rings. The first-order valence-corrected chi connectivity index (χ1v) is 18.9. The normalized spacial score (nSPS) is 13.0. The molecule has 0 radical (unpaired) electrons. The highest BCUT2D eigenvalue weighted by Gasteiger charge is 2.13. The minimum absolute atomic E-state index is 1.00. The summed E-state index contributed by atoms with van der Waals surface area (Å²) in [5.74, 6) is 15.0. The summed E-state index contributed by atoms with van der Waals surface area (Å²) in [4.78, 5) is 2.26. The fraction of sp³-hybridized carbons (Fsp3) is 0.478. The molecule has 0 aromatic carbocycles.